The van der Waals surface area contributed by atoms with Crippen molar-refractivity contribution in [3.05, 3.63) is 16.0 Å². The van der Waals surface area contributed by atoms with E-state index in [1.54, 1.807) is 6.92 Å². The largest absolute Gasteiger partial charge is 0.481 e. The van der Waals surface area contributed by atoms with E-state index in [1.165, 1.54) is 16.2 Å². The van der Waals surface area contributed by atoms with Crippen molar-refractivity contribution >= 4 is 34.1 Å². The van der Waals surface area contributed by atoms with Gasteiger partial charge in [-0.05, 0) is 43.6 Å². The number of nitrogens with one attached hydrogen (secondary N) is 2. The molecule has 7 heteroatoms. The Kier molecular flexibility index (Phi) is 5.96. The van der Waals surface area contributed by atoms with Crippen LogP contribution in [0.25, 0.3) is 0 Å². The zero-order chi connectivity index (χ0) is 18.7. The monoisotopic (exact) mass is 378 g/mol. The normalized spacial score (nSPS) is 17.7. The van der Waals surface area contributed by atoms with Crippen LogP contribution in [0.5, 0.6) is 0 Å². The van der Waals surface area contributed by atoms with Crippen LogP contribution in [0.2, 0.25) is 0 Å². The molecule has 1 heterocycles. The Morgan fingerprint density at radius 2 is 1.88 bits per heavy atom. The molecule has 1 aromatic rings. The van der Waals surface area contributed by atoms with Crippen molar-refractivity contribution in [1.82, 2.24) is 5.32 Å². The molecule has 2 aliphatic rings. The van der Waals surface area contributed by atoms with Gasteiger partial charge in [0.25, 0.3) is 5.91 Å². The second kappa shape index (κ2) is 8.20. The lowest BCUT2D eigenvalue weighted by Crippen LogP contribution is -2.33. The van der Waals surface area contributed by atoms with Crippen molar-refractivity contribution in [2.24, 2.45) is 5.92 Å². The molecule has 1 atom stereocenters. The van der Waals surface area contributed by atoms with Crippen molar-refractivity contribution < 1.29 is 19.5 Å². The van der Waals surface area contributed by atoms with Gasteiger partial charge in [-0.15, -0.1) is 11.3 Å². The van der Waals surface area contributed by atoms with Crippen LogP contribution in [0.4, 0.5) is 5.00 Å². The molecular formula is C19H26N2O4S. The molecule has 2 amide bonds. The maximum absolute atomic E-state index is 12.9. The molecule has 1 aromatic heterocycles. The molecule has 0 aromatic carbocycles. The molecule has 1 unspecified atom stereocenters. The molecule has 2 aliphatic carbocycles. The first-order valence-electron chi connectivity index (χ1n) is 9.41. The van der Waals surface area contributed by atoms with Gasteiger partial charge in [-0.25, -0.2) is 0 Å². The molecule has 0 saturated heterocycles. The number of hydrogen-bond acceptors (Lipinski definition) is 4. The summed E-state index contributed by atoms with van der Waals surface area (Å²) in [6.45, 7) is 1.75. The Morgan fingerprint density at radius 1 is 1.15 bits per heavy atom. The maximum Gasteiger partial charge on any atom is 0.303 e. The molecule has 0 spiro atoms. The Hall–Kier alpha value is -1.89. The summed E-state index contributed by atoms with van der Waals surface area (Å²) in [6.07, 6.45) is 7.32. The maximum atomic E-state index is 12.9. The highest BCUT2D eigenvalue weighted by atomic mass is 32.1. The molecule has 142 valence electrons. The fourth-order valence-electron chi connectivity index (χ4n) is 3.92. The van der Waals surface area contributed by atoms with E-state index in [-0.39, 0.29) is 36.6 Å². The minimum Gasteiger partial charge on any atom is -0.481 e. The average molecular weight is 378 g/mol. The summed E-state index contributed by atoms with van der Waals surface area (Å²) in [5.74, 6) is -1.45. The molecular weight excluding hydrogens is 352 g/mol. The minimum absolute atomic E-state index is 0.0383. The lowest BCUT2D eigenvalue weighted by atomic mass is 10.0. The zero-order valence-electron chi connectivity index (χ0n) is 15.1. The van der Waals surface area contributed by atoms with E-state index in [1.807, 2.05) is 0 Å². The van der Waals surface area contributed by atoms with E-state index in [4.69, 9.17) is 5.11 Å². The predicted molar refractivity (Wildman–Crippen MR) is 101 cm³/mol. The van der Waals surface area contributed by atoms with Crippen LogP contribution in [-0.4, -0.2) is 28.9 Å². The molecule has 3 rings (SSSR count). The second-order valence-electron chi connectivity index (χ2n) is 7.47. The van der Waals surface area contributed by atoms with Crippen molar-refractivity contribution in [2.75, 3.05) is 5.32 Å². The van der Waals surface area contributed by atoms with Gasteiger partial charge in [-0.3, -0.25) is 14.4 Å². The van der Waals surface area contributed by atoms with E-state index in [9.17, 15) is 14.4 Å². The number of aliphatic carboxylic acids is 1. The van der Waals surface area contributed by atoms with Crippen LogP contribution >= 0.6 is 11.3 Å². The van der Waals surface area contributed by atoms with Gasteiger partial charge in [0.05, 0.1) is 5.56 Å². The number of rotatable bonds is 7. The quantitative estimate of drug-likeness (QED) is 0.678. The standard InChI is InChI=1S/C19H26N2O4S/c1-11(10-16(23)24)9-15(22)21-19-17(13-7-4-8-14(13)26-19)18(25)20-12-5-2-3-6-12/h11-12H,2-10H2,1H3,(H,20,25)(H,21,22)(H,23,24). The summed E-state index contributed by atoms with van der Waals surface area (Å²) < 4.78 is 0. The molecule has 26 heavy (non-hydrogen) atoms. The first-order valence-corrected chi connectivity index (χ1v) is 10.2. The summed E-state index contributed by atoms with van der Waals surface area (Å²) in [4.78, 5) is 37.1. The lowest BCUT2D eigenvalue weighted by molar-refractivity contribution is -0.138. The van der Waals surface area contributed by atoms with Crippen LogP contribution in [-0.2, 0) is 22.4 Å². The number of carbonyl (C=O) groups is 3. The number of aryl methyl sites for hydroxylation is 1. The summed E-state index contributed by atoms with van der Waals surface area (Å²) in [7, 11) is 0. The second-order valence-corrected chi connectivity index (χ2v) is 8.58. The first kappa shape index (κ1) is 18.9. The molecule has 0 bridgehead atoms. The van der Waals surface area contributed by atoms with Gasteiger partial charge >= 0.3 is 5.97 Å². The average Bonchev–Trinajstić information content (AvgIpc) is 3.22. The van der Waals surface area contributed by atoms with Crippen molar-refractivity contribution in [3.63, 3.8) is 0 Å². The number of carbonyl (C=O) groups excluding carboxylic acids is 2. The Morgan fingerprint density at radius 3 is 2.58 bits per heavy atom. The van der Waals surface area contributed by atoms with E-state index in [2.05, 4.69) is 10.6 Å². The number of amides is 2. The number of fused-ring (bicyclic) bond motifs is 1. The number of anilines is 1. The van der Waals surface area contributed by atoms with Gasteiger partial charge < -0.3 is 15.7 Å². The lowest BCUT2D eigenvalue weighted by Gasteiger charge is -2.14. The van der Waals surface area contributed by atoms with E-state index >= 15 is 0 Å². The fraction of sp³-hybridized carbons (Fsp3) is 0.632. The van der Waals surface area contributed by atoms with Crippen molar-refractivity contribution in [3.8, 4) is 0 Å². The Balaban J connectivity index is 1.71. The van der Waals surface area contributed by atoms with Crippen molar-refractivity contribution in [2.45, 2.75) is 70.8 Å². The summed E-state index contributed by atoms with van der Waals surface area (Å²) >= 11 is 1.50. The SMILES string of the molecule is CC(CC(=O)O)CC(=O)Nc1sc2c(c1C(=O)NC1CCCC1)CCC2. The van der Waals surface area contributed by atoms with Crippen LogP contribution in [0.1, 0.15) is 72.7 Å². The van der Waals surface area contributed by atoms with Gasteiger partial charge in [0, 0.05) is 23.8 Å². The topological polar surface area (TPSA) is 95.5 Å². The smallest absolute Gasteiger partial charge is 0.303 e. The van der Waals surface area contributed by atoms with Gasteiger partial charge in [0.1, 0.15) is 5.00 Å². The molecule has 3 N–H and O–H groups in total. The third kappa shape index (κ3) is 4.44. The van der Waals surface area contributed by atoms with Gasteiger partial charge in [-0.2, -0.15) is 0 Å². The van der Waals surface area contributed by atoms with Crippen LogP contribution < -0.4 is 10.6 Å². The summed E-state index contributed by atoms with van der Waals surface area (Å²) in [6, 6.07) is 0.235. The Labute approximate surface area is 157 Å². The minimum atomic E-state index is -0.906. The number of carboxylic acid groups (broad SMARTS) is 1. The van der Waals surface area contributed by atoms with E-state index in [0.717, 1.165) is 50.5 Å². The molecule has 0 radical (unpaired) electrons. The van der Waals surface area contributed by atoms with Crippen molar-refractivity contribution in [1.29, 1.82) is 0 Å². The predicted octanol–water partition coefficient (Wildman–Crippen LogP) is 3.35. The van der Waals surface area contributed by atoms with Crippen LogP contribution in [0.3, 0.4) is 0 Å². The molecule has 6 nitrogen and oxygen atoms in total. The Bertz CT molecular complexity index is 707. The van der Waals surface area contributed by atoms with E-state index in [0.29, 0.717) is 10.6 Å². The van der Waals surface area contributed by atoms with Crippen LogP contribution in [0, 0.1) is 5.92 Å². The summed E-state index contributed by atoms with van der Waals surface area (Å²) in [5, 5.41) is 15.5. The number of thiophene rings is 1. The van der Waals surface area contributed by atoms with E-state index < -0.39 is 5.97 Å². The zero-order valence-corrected chi connectivity index (χ0v) is 15.9. The highest BCUT2D eigenvalue weighted by Gasteiger charge is 2.29. The third-order valence-electron chi connectivity index (χ3n) is 5.15. The number of carboxylic acids is 1. The highest BCUT2D eigenvalue weighted by Crippen LogP contribution is 2.39. The highest BCUT2D eigenvalue weighted by molar-refractivity contribution is 7.17. The van der Waals surface area contributed by atoms with Gasteiger partial charge in [-0.1, -0.05) is 19.8 Å². The summed E-state index contributed by atoms with van der Waals surface area (Å²) in [5.41, 5.74) is 1.72. The fourth-order valence-corrected chi connectivity index (χ4v) is 5.23. The number of hydrogen-bond donors (Lipinski definition) is 3. The third-order valence-corrected chi connectivity index (χ3v) is 6.36. The van der Waals surface area contributed by atoms with Crippen LogP contribution in [0.15, 0.2) is 0 Å². The van der Waals surface area contributed by atoms with Gasteiger partial charge in [0.2, 0.25) is 5.91 Å². The van der Waals surface area contributed by atoms with Gasteiger partial charge in [0.15, 0.2) is 0 Å². The molecule has 1 saturated carbocycles. The first-order chi connectivity index (χ1) is 12.4. The molecule has 0 aliphatic heterocycles. The molecule has 1 fully saturated rings.